The highest BCUT2D eigenvalue weighted by Gasteiger charge is 2.48. The van der Waals surface area contributed by atoms with E-state index in [0.717, 1.165) is 18.9 Å². The molecule has 2 aromatic carbocycles. The minimum atomic E-state index is -4.57. The molecule has 32 heavy (non-hydrogen) atoms. The topological polar surface area (TPSA) is 69.6 Å². The van der Waals surface area contributed by atoms with Crippen molar-refractivity contribution in [2.75, 3.05) is 5.32 Å². The average molecular weight is 446 g/mol. The van der Waals surface area contributed by atoms with E-state index >= 15 is 0 Å². The van der Waals surface area contributed by atoms with Crippen molar-refractivity contribution in [3.8, 4) is 0 Å². The van der Waals surface area contributed by atoms with Gasteiger partial charge in [-0.2, -0.15) is 13.2 Å². The summed E-state index contributed by atoms with van der Waals surface area (Å²) in [5.41, 5.74) is -0.952. The molecule has 0 radical (unpaired) electrons. The van der Waals surface area contributed by atoms with Crippen molar-refractivity contribution < 1.29 is 27.9 Å². The summed E-state index contributed by atoms with van der Waals surface area (Å²) < 4.78 is 39.7. The molecule has 0 saturated heterocycles. The van der Waals surface area contributed by atoms with E-state index in [-0.39, 0.29) is 34.7 Å². The molecule has 1 aliphatic heterocycles. The van der Waals surface area contributed by atoms with Gasteiger partial charge in [0.15, 0.2) is 0 Å². The largest absolute Gasteiger partial charge is 0.416 e. The summed E-state index contributed by atoms with van der Waals surface area (Å²) in [6.45, 7) is 4.94. The lowest BCUT2D eigenvalue weighted by atomic mass is 9.93. The van der Waals surface area contributed by atoms with Crippen LogP contribution in [0.3, 0.4) is 0 Å². The number of nitrogens with one attached hydrogen (secondary N) is 1. The van der Waals surface area contributed by atoms with Crippen LogP contribution in [0.15, 0.2) is 36.4 Å². The molecule has 5 nitrogen and oxygen atoms in total. The standard InChI is InChI=1S/C24H25F3N2O3/c1-13-16(7-5-8-17(13)24(25,26)27)21(30)28-18-9-4-6-15-12-29(22(31)19(15)18)20(14-10-11-14)23(2,3)32/h4-9,14,20,32H,10-12H2,1-3H3,(H,28,30). The van der Waals surface area contributed by atoms with Gasteiger partial charge in [0.05, 0.1) is 28.5 Å². The van der Waals surface area contributed by atoms with Crippen molar-refractivity contribution in [3.05, 3.63) is 64.2 Å². The Balaban J connectivity index is 1.64. The smallest absolute Gasteiger partial charge is 0.388 e. The summed E-state index contributed by atoms with van der Waals surface area (Å²) in [7, 11) is 0. The lowest BCUT2D eigenvalue weighted by Gasteiger charge is -2.37. The van der Waals surface area contributed by atoms with Crippen LogP contribution in [-0.2, 0) is 12.7 Å². The Labute approximate surface area is 184 Å². The Bertz CT molecular complexity index is 1080. The van der Waals surface area contributed by atoms with Gasteiger partial charge in [-0.3, -0.25) is 9.59 Å². The van der Waals surface area contributed by atoms with E-state index in [1.165, 1.54) is 19.1 Å². The zero-order chi connectivity index (χ0) is 23.4. The van der Waals surface area contributed by atoms with E-state index in [2.05, 4.69) is 5.32 Å². The SMILES string of the molecule is Cc1c(C(=O)Nc2cccc3c2C(=O)N(C(C2CC2)C(C)(C)O)C3)cccc1C(F)(F)F. The first-order chi connectivity index (χ1) is 14.9. The normalized spacial score (nSPS) is 17.3. The van der Waals surface area contributed by atoms with Crippen LogP contribution in [0, 0.1) is 12.8 Å². The minimum Gasteiger partial charge on any atom is -0.388 e. The van der Waals surface area contributed by atoms with Crippen molar-refractivity contribution in [3.63, 3.8) is 0 Å². The molecule has 170 valence electrons. The molecule has 0 bridgehead atoms. The second-order valence-corrected chi connectivity index (χ2v) is 9.14. The van der Waals surface area contributed by atoms with Gasteiger partial charge < -0.3 is 15.3 Å². The molecule has 0 aromatic heterocycles. The Hall–Kier alpha value is -2.87. The number of alkyl halides is 3. The quantitative estimate of drug-likeness (QED) is 0.695. The highest BCUT2D eigenvalue weighted by Crippen LogP contribution is 2.44. The number of rotatable bonds is 5. The van der Waals surface area contributed by atoms with Crippen LogP contribution in [0.2, 0.25) is 0 Å². The zero-order valence-corrected chi connectivity index (χ0v) is 18.1. The van der Waals surface area contributed by atoms with Gasteiger partial charge in [-0.1, -0.05) is 18.2 Å². The third kappa shape index (κ3) is 3.99. The summed E-state index contributed by atoms with van der Waals surface area (Å²) in [4.78, 5) is 27.8. The number of benzene rings is 2. The van der Waals surface area contributed by atoms with Crippen LogP contribution >= 0.6 is 0 Å². The number of anilines is 1. The van der Waals surface area contributed by atoms with Gasteiger partial charge >= 0.3 is 6.18 Å². The van der Waals surface area contributed by atoms with E-state index in [1.54, 1.807) is 36.9 Å². The molecule has 1 unspecified atom stereocenters. The van der Waals surface area contributed by atoms with Gasteiger partial charge in [0.2, 0.25) is 0 Å². The number of fused-ring (bicyclic) bond motifs is 1. The van der Waals surface area contributed by atoms with Gasteiger partial charge in [0, 0.05) is 12.1 Å². The van der Waals surface area contributed by atoms with Crippen molar-refractivity contribution in [2.24, 2.45) is 5.92 Å². The molecule has 0 spiro atoms. The molecule has 1 heterocycles. The van der Waals surface area contributed by atoms with Crippen LogP contribution in [0.1, 0.15) is 64.1 Å². The number of nitrogens with zero attached hydrogens (tertiary/aromatic N) is 1. The molecule has 1 fully saturated rings. The van der Waals surface area contributed by atoms with Gasteiger partial charge in [-0.25, -0.2) is 0 Å². The molecule has 2 N–H and O–H groups in total. The Morgan fingerprint density at radius 2 is 1.81 bits per heavy atom. The van der Waals surface area contributed by atoms with E-state index in [4.69, 9.17) is 0 Å². The van der Waals surface area contributed by atoms with Crippen molar-refractivity contribution in [1.29, 1.82) is 0 Å². The first-order valence-corrected chi connectivity index (χ1v) is 10.5. The molecule has 2 aromatic rings. The summed E-state index contributed by atoms with van der Waals surface area (Å²) in [5, 5.41) is 13.3. The maximum absolute atomic E-state index is 13.3. The van der Waals surface area contributed by atoms with Crippen LogP contribution in [0.5, 0.6) is 0 Å². The summed E-state index contributed by atoms with van der Waals surface area (Å²) in [6, 6.07) is 8.15. The predicted molar refractivity (Wildman–Crippen MR) is 113 cm³/mol. The van der Waals surface area contributed by atoms with Crippen molar-refractivity contribution in [2.45, 2.75) is 58.0 Å². The lowest BCUT2D eigenvalue weighted by Crippen LogP contribution is -2.51. The highest BCUT2D eigenvalue weighted by molar-refractivity contribution is 6.11. The first kappa shape index (κ1) is 22.3. The van der Waals surface area contributed by atoms with Crippen LogP contribution in [0.4, 0.5) is 18.9 Å². The number of aliphatic hydroxyl groups is 1. The van der Waals surface area contributed by atoms with E-state index in [0.29, 0.717) is 17.7 Å². The number of hydrogen-bond donors (Lipinski definition) is 2. The molecule has 1 aliphatic carbocycles. The van der Waals surface area contributed by atoms with Crippen LogP contribution < -0.4 is 5.32 Å². The molecule has 2 aliphatic rings. The lowest BCUT2D eigenvalue weighted by molar-refractivity contribution is -0.138. The fourth-order valence-electron chi connectivity index (χ4n) is 4.72. The second-order valence-electron chi connectivity index (χ2n) is 9.14. The molecule has 4 rings (SSSR count). The Morgan fingerprint density at radius 1 is 1.16 bits per heavy atom. The van der Waals surface area contributed by atoms with Crippen LogP contribution in [-0.4, -0.2) is 33.5 Å². The van der Waals surface area contributed by atoms with Crippen LogP contribution in [0.25, 0.3) is 0 Å². The molecule has 8 heteroatoms. The van der Waals surface area contributed by atoms with Gasteiger partial charge in [-0.05, 0) is 68.9 Å². The maximum atomic E-state index is 13.3. The number of carbonyl (C=O) groups is 2. The number of halogens is 3. The van der Waals surface area contributed by atoms with Gasteiger partial charge in [0.25, 0.3) is 11.8 Å². The maximum Gasteiger partial charge on any atom is 0.416 e. The summed E-state index contributed by atoms with van der Waals surface area (Å²) in [6.07, 6.45) is -2.69. The fraction of sp³-hybridized carbons (Fsp3) is 0.417. The van der Waals surface area contributed by atoms with Gasteiger partial charge in [0.1, 0.15) is 0 Å². The van der Waals surface area contributed by atoms with E-state index in [1.807, 2.05) is 0 Å². The van der Waals surface area contributed by atoms with Crippen molar-refractivity contribution >= 4 is 17.5 Å². The Kier molecular flexibility index (Phi) is 5.32. The minimum absolute atomic E-state index is 0.105. The van der Waals surface area contributed by atoms with E-state index < -0.39 is 23.2 Å². The third-order valence-electron chi connectivity index (χ3n) is 6.23. The van der Waals surface area contributed by atoms with Crippen molar-refractivity contribution in [1.82, 2.24) is 4.90 Å². The molecule has 2 amide bonds. The molecule has 1 saturated carbocycles. The third-order valence-corrected chi connectivity index (χ3v) is 6.23. The number of amides is 2. The monoisotopic (exact) mass is 446 g/mol. The zero-order valence-electron chi connectivity index (χ0n) is 18.1. The number of hydrogen-bond acceptors (Lipinski definition) is 3. The second kappa shape index (κ2) is 7.62. The summed E-state index contributed by atoms with van der Waals surface area (Å²) in [5.74, 6) is -0.788. The molecule has 1 atom stereocenters. The summed E-state index contributed by atoms with van der Waals surface area (Å²) >= 11 is 0. The Morgan fingerprint density at radius 3 is 2.41 bits per heavy atom. The fourth-order valence-corrected chi connectivity index (χ4v) is 4.72. The average Bonchev–Trinajstić information content (AvgIpc) is 3.44. The molecular formula is C24H25F3N2O3. The van der Waals surface area contributed by atoms with E-state index in [9.17, 15) is 27.9 Å². The van der Waals surface area contributed by atoms with Gasteiger partial charge in [-0.15, -0.1) is 0 Å². The highest BCUT2D eigenvalue weighted by atomic mass is 19.4. The molecular weight excluding hydrogens is 421 g/mol. The number of carbonyl (C=O) groups excluding carboxylic acids is 2. The first-order valence-electron chi connectivity index (χ1n) is 10.5. The predicted octanol–water partition coefficient (Wildman–Crippen LogP) is 4.77.